The minimum atomic E-state index is -1.97. The van der Waals surface area contributed by atoms with E-state index in [0.717, 1.165) is 0 Å². The van der Waals surface area contributed by atoms with Crippen LogP contribution in [0.15, 0.2) is 0 Å². The second-order valence-corrected chi connectivity index (χ2v) is 1.87. The smallest absolute Gasteiger partial charge is 0.0824 e. The Morgan fingerprint density at radius 2 is 2.29 bits per heavy atom. The Labute approximate surface area is 46.9 Å². The van der Waals surface area contributed by atoms with Crippen molar-refractivity contribution in [3.8, 4) is 0 Å². The van der Waals surface area contributed by atoms with Crippen LogP contribution < -0.4 is 0 Å². The van der Waals surface area contributed by atoms with Gasteiger partial charge in [0.15, 0.2) is 0 Å². The zero-order chi connectivity index (χ0) is 7.71. The second-order valence-electron chi connectivity index (χ2n) is 1.87. The fraction of sp³-hybridized carbons (Fsp3) is 1.00. The lowest BCUT2D eigenvalue weighted by molar-refractivity contribution is -0.00196. The molecule has 1 N–H and O–H groups in total. The minimum Gasteiger partial charge on any atom is -0.388 e. The van der Waals surface area contributed by atoms with Crippen LogP contribution in [0.1, 0.15) is 16.6 Å². The lowest BCUT2D eigenvalue weighted by atomic mass is 10.2. The number of aliphatic hydroxyl groups is 1. The first kappa shape index (κ1) is 3.87. The number of hydrogen-bond acceptors (Lipinski definition) is 2. The van der Waals surface area contributed by atoms with Gasteiger partial charge in [-0.2, -0.15) is 0 Å². The van der Waals surface area contributed by atoms with E-state index in [0.29, 0.717) is 0 Å². The van der Waals surface area contributed by atoms with E-state index in [1.807, 2.05) is 0 Å². The van der Waals surface area contributed by atoms with Crippen molar-refractivity contribution in [2.45, 2.75) is 19.4 Å². The highest BCUT2D eigenvalue weighted by Crippen LogP contribution is 1.98. The summed E-state index contributed by atoms with van der Waals surface area (Å²) in [6.07, 6.45) is 0. The molecule has 0 aromatic rings. The standard InChI is InChI=1S/C5H12O2/c1-5(2,6)4-7-3/h6H,4H2,1-3H3/i4D2. The summed E-state index contributed by atoms with van der Waals surface area (Å²) in [7, 11) is 1.22. The molecule has 0 unspecified atom stereocenters. The maximum atomic E-state index is 9.05. The van der Waals surface area contributed by atoms with Crippen LogP contribution in [0.25, 0.3) is 0 Å². The molecule has 0 radical (unpaired) electrons. The maximum absolute atomic E-state index is 9.05. The Morgan fingerprint density at radius 1 is 1.86 bits per heavy atom. The molecule has 0 bridgehead atoms. The van der Waals surface area contributed by atoms with Crippen LogP contribution in [0.3, 0.4) is 0 Å². The van der Waals surface area contributed by atoms with Gasteiger partial charge in [-0.3, -0.25) is 0 Å². The molecule has 0 saturated carbocycles. The molecule has 0 amide bonds. The van der Waals surface area contributed by atoms with Gasteiger partial charge >= 0.3 is 0 Å². The number of ether oxygens (including phenoxy) is 1. The first-order chi connectivity index (χ1) is 3.81. The van der Waals surface area contributed by atoms with Crippen molar-refractivity contribution in [3.05, 3.63) is 0 Å². The average Bonchev–Trinajstić information content (AvgIpc) is 1.64. The van der Waals surface area contributed by atoms with Crippen LogP contribution >= 0.6 is 0 Å². The molecule has 0 aliphatic heterocycles. The Bertz CT molecular complexity index is 95.6. The van der Waals surface area contributed by atoms with Gasteiger partial charge in [-0.15, -0.1) is 0 Å². The summed E-state index contributed by atoms with van der Waals surface area (Å²) in [5, 5.41) is 9.05. The third-order valence-electron chi connectivity index (χ3n) is 0.352. The highest BCUT2D eigenvalue weighted by molar-refractivity contribution is 4.61. The third-order valence-corrected chi connectivity index (χ3v) is 0.352. The van der Waals surface area contributed by atoms with E-state index in [1.54, 1.807) is 0 Å². The molecule has 0 aromatic carbocycles. The number of methoxy groups -OCH3 is 1. The topological polar surface area (TPSA) is 29.5 Å². The number of hydrogen-bond donors (Lipinski definition) is 1. The van der Waals surface area contributed by atoms with Crippen molar-refractivity contribution in [1.82, 2.24) is 0 Å². The van der Waals surface area contributed by atoms with Crippen molar-refractivity contribution in [2.75, 3.05) is 13.7 Å². The van der Waals surface area contributed by atoms with Crippen LogP contribution in [-0.2, 0) is 4.74 Å². The van der Waals surface area contributed by atoms with Gasteiger partial charge in [-0.25, -0.2) is 0 Å². The average molecular weight is 106 g/mol. The molecule has 7 heavy (non-hydrogen) atoms. The monoisotopic (exact) mass is 106 g/mol. The van der Waals surface area contributed by atoms with Gasteiger partial charge in [0.25, 0.3) is 0 Å². The Hall–Kier alpha value is -0.0800. The van der Waals surface area contributed by atoms with Crippen LogP contribution in [0, 0.1) is 0 Å². The van der Waals surface area contributed by atoms with Crippen molar-refractivity contribution in [2.24, 2.45) is 0 Å². The molecule has 0 fully saturated rings. The van der Waals surface area contributed by atoms with E-state index >= 15 is 0 Å². The van der Waals surface area contributed by atoms with Crippen molar-refractivity contribution in [1.29, 1.82) is 0 Å². The van der Waals surface area contributed by atoms with E-state index in [9.17, 15) is 0 Å². The van der Waals surface area contributed by atoms with Gasteiger partial charge in [-0.1, -0.05) is 0 Å². The highest BCUT2D eigenvalue weighted by Gasteiger charge is 2.09. The van der Waals surface area contributed by atoms with Gasteiger partial charge in [-0.05, 0) is 13.8 Å². The molecule has 0 rings (SSSR count). The molecule has 44 valence electrons. The molecule has 0 aliphatic carbocycles. The summed E-state index contributed by atoms with van der Waals surface area (Å²) in [6, 6.07) is 0. The third kappa shape index (κ3) is 5.92. The first-order valence-corrected chi connectivity index (χ1v) is 2.09. The lowest BCUT2D eigenvalue weighted by Crippen LogP contribution is -2.24. The number of rotatable bonds is 2. The molecule has 2 nitrogen and oxygen atoms in total. The molecule has 2 heteroatoms. The van der Waals surface area contributed by atoms with E-state index in [4.69, 9.17) is 7.85 Å². The van der Waals surface area contributed by atoms with Gasteiger partial charge < -0.3 is 9.84 Å². The summed E-state index contributed by atoms with van der Waals surface area (Å²) in [5.41, 5.74) is -1.44. The highest BCUT2D eigenvalue weighted by atomic mass is 16.5. The fourth-order valence-electron chi connectivity index (χ4n) is 0.250. The SMILES string of the molecule is [2H]C([2H])(OC)C(C)(C)O. The summed E-state index contributed by atoms with van der Waals surface area (Å²) in [6.45, 7) is 0.750. The Balaban J connectivity index is 4.14. The fourth-order valence-corrected chi connectivity index (χ4v) is 0.250. The summed E-state index contributed by atoms with van der Waals surface area (Å²) in [5.74, 6) is 0. The second kappa shape index (κ2) is 2.28. The Kier molecular flexibility index (Phi) is 1.26. The van der Waals surface area contributed by atoms with E-state index in [1.165, 1.54) is 21.0 Å². The maximum Gasteiger partial charge on any atom is 0.0824 e. The van der Waals surface area contributed by atoms with Crippen molar-refractivity contribution >= 4 is 0 Å². The normalized spacial score (nSPS) is 18.3. The van der Waals surface area contributed by atoms with Gasteiger partial charge in [0.1, 0.15) is 0 Å². The predicted octanol–water partition coefficient (Wildman–Crippen LogP) is 0.404. The molecular formula is C5H12O2. The van der Waals surface area contributed by atoms with Gasteiger partial charge in [0.05, 0.1) is 14.9 Å². The molecule has 0 heterocycles. The zero-order valence-electron chi connectivity index (χ0n) is 6.86. The predicted molar refractivity (Wildman–Crippen MR) is 28.2 cm³/mol. The summed E-state index contributed by atoms with van der Waals surface area (Å²) in [4.78, 5) is 0. The van der Waals surface area contributed by atoms with E-state index < -0.39 is 12.2 Å². The van der Waals surface area contributed by atoms with Crippen LogP contribution in [0.4, 0.5) is 0 Å². The van der Waals surface area contributed by atoms with Crippen LogP contribution in [0.2, 0.25) is 0 Å². The lowest BCUT2D eigenvalue weighted by Gasteiger charge is -2.13. The quantitative estimate of drug-likeness (QED) is 0.552. The minimum absolute atomic E-state index is 1.22. The zero-order valence-corrected chi connectivity index (χ0v) is 4.86. The molecule has 0 spiro atoms. The van der Waals surface area contributed by atoms with E-state index in [-0.39, 0.29) is 0 Å². The largest absolute Gasteiger partial charge is 0.388 e. The Morgan fingerprint density at radius 3 is 2.29 bits per heavy atom. The van der Waals surface area contributed by atoms with E-state index in [2.05, 4.69) is 4.74 Å². The van der Waals surface area contributed by atoms with Crippen molar-refractivity contribution in [3.63, 3.8) is 0 Å². The van der Waals surface area contributed by atoms with Gasteiger partial charge in [0, 0.05) is 7.11 Å². The summed E-state index contributed by atoms with van der Waals surface area (Å²) >= 11 is 0. The van der Waals surface area contributed by atoms with Gasteiger partial charge in [0.2, 0.25) is 0 Å². The first-order valence-electron chi connectivity index (χ1n) is 3.09. The van der Waals surface area contributed by atoms with Crippen LogP contribution in [0.5, 0.6) is 0 Å². The van der Waals surface area contributed by atoms with Crippen molar-refractivity contribution < 1.29 is 12.6 Å². The molecule has 0 aliphatic rings. The summed E-state index contributed by atoms with van der Waals surface area (Å²) < 4.78 is 18.4. The molecule has 0 atom stereocenters. The van der Waals surface area contributed by atoms with Crippen LogP contribution in [-0.4, -0.2) is 24.4 Å². The molecule has 0 saturated heterocycles. The molecule has 0 aromatic heterocycles. The molecular weight excluding hydrogens is 92.1 g/mol.